The van der Waals surface area contributed by atoms with E-state index in [4.69, 9.17) is 0 Å². The lowest BCUT2D eigenvalue weighted by Gasteiger charge is -2.22. The molecular weight excluding hydrogens is 276 g/mol. The smallest absolute Gasteiger partial charge is 0.0155 e. The lowest BCUT2D eigenvalue weighted by atomic mass is 9.81. The largest absolute Gasteiger partial charge is 0.0722 e. The van der Waals surface area contributed by atoms with Gasteiger partial charge >= 0.3 is 0 Å². The van der Waals surface area contributed by atoms with Crippen molar-refractivity contribution in [1.29, 1.82) is 0 Å². The highest BCUT2D eigenvalue weighted by molar-refractivity contribution is 5.87. The van der Waals surface area contributed by atoms with Crippen molar-refractivity contribution in [2.75, 3.05) is 0 Å². The van der Waals surface area contributed by atoms with Crippen LogP contribution in [-0.2, 0) is 5.41 Å². The molecule has 0 aliphatic heterocycles. The molecule has 0 aromatic heterocycles. The monoisotopic (exact) mass is 298 g/mol. The first-order valence-electron chi connectivity index (χ1n) is 8.36. The van der Waals surface area contributed by atoms with Crippen LogP contribution in [0.15, 0.2) is 72.3 Å². The van der Waals surface area contributed by atoms with Crippen molar-refractivity contribution in [2.24, 2.45) is 0 Å². The minimum Gasteiger partial charge on any atom is -0.0722 e. The number of fused-ring (bicyclic) bond motifs is 2. The van der Waals surface area contributed by atoms with Gasteiger partial charge in [-0.3, -0.25) is 0 Å². The molecule has 23 heavy (non-hydrogen) atoms. The van der Waals surface area contributed by atoms with Crippen molar-refractivity contribution in [3.63, 3.8) is 0 Å². The first-order valence-corrected chi connectivity index (χ1v) is 8.36. The summed E-state index contributed by atoms with van der Waals surface area (Å²) in [5.41, 5.74) is 9.88. The van der Waals surface area contributed by atoms with Crippen molar-refractivity contribution in [3.8, 4) is 0 Å². The van der Waals surface area contributed by atoms with Gasteiger partial charge in [0.25, 0.3) is 0 Å². The average molecular weight is 298 g/mol. The number of allylic oxidation sites excluding steroid dienone is 6. The van der Waals surface area contributed by atoms with Crippen LogP contribution in [0.1, 0.15) is 42.5 Å². The van der Waals surface area contributed by atoms with Crippen LogP contribution in [0.3, 0.4) is 0 Å². The first kappa shape index (κ1) is 14.3. The number of rotatable bonds is 1. The Kier molecular flexibility index (Phi) is 3.16. The standard InChI is InChI=1S/C23H22/c1-16-8-10-17(11-9-16)18-12-14-20-19-6-4-5-7-21(19)23(2,3)22(20)15-13-18/h4-13,15H,14H2,1-3H3. The maximum absolute atomic E-state index is 2.38. The maximum Gasteiger partial charge on any atom is 0.0155 e. The SMILES string of the molecule is Cc1ccc(C2=CCC3=C(C=C2)C(C)(C)c2ccccc23)cc1. The molecule has 0 saturated heterocycles. The van der Waals surface area contributed by atoms with Gasteiger partial charge in [-0.2, -0.15) is 0 Å². The minimum atomic E-state index is 0.0962. The fourth-order valence-electron chi connectivity index (χ4n) is 3.90. The lowest BCUT2D eigenvalue weighted by molar-refractivity contribution is 0.654. The van der Waals surface area contributed by atoms with Gasteiger partial charge in [-0.15, -0.1) is 0 Å². The number of hydrogen-bond acceptors (Lipinski definition) is 0. The van der Waals surface area contributed by atoms with Crippen LogP contribution < -0.4 is 0 Å². The molecule has 114 valence electrons. The van der Waals surface area contributed by atoms with Gasteiger partial charge in [0.05, 0.1) is 0 Å². The van der Waals surface area contributed by atoms with Crippen LogP contribution in [-0.4, -0.2) is 0 Å². The van der Waals surface area contributed by atoms with E-state index < -0.39 is 0 Å². The van der Waals surface area contributed by atoms with Gasteiger partial charge in [0.1, 0.15) is 0 Å². The summed E-state index contributed by atoms with van der Waals surface area (Å²) < 4.78 is 0. The molecule has 0 nitrogen and oxygen atoms in total. The zero-order valence-corrected chi connectivity index (χ0v) is 14.1. The molecule has 0 unspecified atom stereocenters. The van der Waals surface area contributed by atoms with Crippen molar-refractivity contribution in [1.82, 2.24) is 0 Å². The second kappa shape index (κ2) is 5.09. The lowest BCUT2D eigenvalue weighted by Crippen LogP contribution is -2.15. The van der Waals surface area contributed by atoms with E-state index in [1.807, 2.05) is 0 Å². The van der Waals surface area contributed by atoms with Crippen molar-refractivity contribution in [3.05, 3.63) is 94.6 Å². The van der Waals surface area contributed by atoms with Gasteiger partial charge < -0.3 is 0 Å². The number of hydrogen-bond donors (Lipinski definition) is 0. The highest BCUT2D eigenvalue weighted by Gasteiger charge is 2.36. The molecule has 2 aliphatic rings. The molecule has 0 bridgehead atoms. The predicted octanol–water partition coefficient (Wildman–Crippen LogP) is 6.08. The van der Waals surface area contributed by atoms with E-state index in [9.17, 15) is 0 Å². The van der Waals surface area contributed by atoms with E-state index in [1.54, 1.807) is 0 Å². The highest BCUT2D eigenvalue weighted by Crippen LogP contribution is 2.49. The summed E-state index contributed by atoms with van der Waals surface area (Å²) in [5.74, 6) is 0. The van der Waals surface area contributed by atoms with Crippen molar-refractivity contribution >= 4 is 11.1 Å². The molecule has 0 atom stereocenters. The minimum absolute atomic E-state index is 0.0962. The Labute approximate surface area is 138 Å². The van der Waals surface area contributed by atoms with Gasteiger partial charge in [-0.05, 0) is 46.8 Å². The quantitative estimate of drug-likeness (QED) is 0.598. The highest BCUT2D eigenvalue weighted by atomic mass is 14.4. The molecule has 0 N–H and O–H groups in total. The topological polar surface area (TPSA) is 0 Å². The molecule has 2 aliphatic carbocycles. The fourth-order valence-corrected chi connectivity index (χ4v) is 3.90. The van der Waals surface area contributed by atoms with E-state index >= 15 is 0 Å². The van der Waals surface area contributed by atoms with Crippen LogP contribution >= 0.6 is 0 Å². The summed E-state index contributed by atoms with van der Waals surface area (Å²) in [7, 11) is 0. The number of aryl methyl sites for hydroxylation is 1. The third kappa shape index (κ3) is 2.21. The van der Waals surface area contributed by atoms with Crippen LogP contribution in [0.25, 0.3) is 11.1 Å². The average Bonchev–Trinajstić information content (AvgIpc) is 2.71. The summed E-state index contributed by atoms with van der Waals surface area (Å²) in [4.78, 5) is 0. The van der Waals surface area contributed by atoms with E-state index in [0.717, 1.165) is 6.42 Å². The Bertz CT molecular complexity index is 855. The Hall–Kier alpha value is -2.34. The van der Waals surface area contributed by atoms with E-state index in [0.29, 0.717) is 0 Å². The Morgan fingerprint density at radius 1 is 0.870 bits per heavy atom. The van der Waals surface area contributed by atoms with Gasteiger partial charge in [0.15, 0.2) is 0 Å². The Balaban J connectivity index is 1.77. The molecule has 0 fully saturated rings. The van der Waals surface area contributed by atoms with Crippen molar-refractivity contribution < 1.29 is 0 Å². The van der Waals surface area contributed by atoms with Crippen LogP contribution in [0.5, 0.6) is 0 Å². The van der Waals surface area contributed by atoms with E-state index in [1.165, 1.54) is 39.0 Å². The van der Waals surface area contributed by atoms with Gasteiger partial charge in [0, 0.05) is 5.41 Å². The summed E-state index contributed by atoms with van der Waals surface area (Å²) >= 11 is 0. The summed E-state index contributed by atoms with van der Waals surface area (Å²) in [6, 6.07) is 17.7. The molecule has 0 heterocycles. The molecule has 2 aromatic rings. The molecular formula is C23H22. The van der Waals surface area contributed by atoms with E-state index in [2.05, 4.69) is 87.5 Å². The summed E-state index contributed by atoms with van der Waals surface area (Å²) in [6.07, 6.45) is 8.02. The predicted molar refractivity (Wildman–Crippen MR) is 99.3 cm³/mol. The van der Waals surface area contributed by atoms with Gasteiger partial charge in [0.2, 0.25) is 0 Å². The molecule has 4 rings (SSSR count). The third-order valence-corrected chi connectivity index (χ3v) is 5.26. The van der Waals surface area contributed by atoms with Crippen molar-refractivity contribution in [2.45, 2.75) is 32.6 Å². The normalized spacial score (nSPS) is 18.3. The fraction of sp³-hybridized carbons (Fsp3) is 0.217. The zero-order valence-electron chi connectivity index (χ0n) is 14.1. The molecule has 0 amide bonds. The Morgan fingerprint density at radius 2 is 1.61 bits per heavy atom. The Morgan fingerprint density at radius 3 is 2.39 bits per heavy atom. The maximum atomic E-state index is 2.38. The van der Waals surface area contributed by atoms with Gasteiger partial charge in [-0.25, -0.2) is 0 Å². The first-order chi connectivity index (χ1) is 11.1. The van der Waals surface area contributed by atoms with Crippen LogP contribution in [0.2, 0.25) is 0 Å². The van der Waals surface area contributed by atoms with Gasteiger partial charge in [-0.1, -0.05) is 86.2 Å². The molecule has 0 spiro atoms. The van der Waals surface area contributed by atoms with Crippen LogP contribution in [0, 0.1) is 6.92 Å². The third-order valence-electron chi connectivity index (χ3n) is 5.26. The zero-order chi connectivity index (χ0) is 16.0. The second-order valence-electron chi connectivity index (χ2n) is 7.13. The van der Waals surface area contributed by atoms with E-state index in [-0.39, 0.29) is 5.41 Å². The molecule has 2 aromatic carbocycles. The summed E-state index contributed by atoms with van der Waals surface area (Å²) in [6.45, 7) is 6.82. The number of benzene rings is 2. The summed E-state index contributed by atoms with van der Waals surface area (Å²) in [5, 5.41) is 0. The molecule has 0 saturated carbocycles. The molecule has 0 radical (unpaired) electrons. The molecule has 0 heteroatoms. The van der Waals surface area contributed by atoms with Crippen LogP contribution in [0.4, 0.5) is 0 Å². The second-order valence-corrected chi connectivity index (χ2v) is 7.13.